The third-order valence-corrected chi connectivity index (χ3v) is 2.87. The van der Waals surface area contributed by atoms with E-state index in [1.165, 1.54) is 11.3 Å². The Morgan fingerprint density at radius 3 is 1.71 bits per heavy atom. The van der Waals surface area contributed by atoms with E-state index in [2.05, 4.69) is 41.5 Å². The van der Waals surface area contributed by atoms with Crippen molar-refractivity contribution in [2.24, 2.45) is 22.7 Å². The molecule has 0 saturated heterocycles. The van der Waals surface area contributed by atoms with Crippen LogP contribution >= 0.6 is 0 Å². The molecule has 1 heterocycles. The smallest absolute Gasteiger partial charge is 0.208 e. The topological polar surface area (TPSA) is 12.4 Å². The van der Waals surface area contributed by atoms with Crippen LogP contribution in [0.5, 0.6) is 0 Å². The van der Waals surface area contributed by atoms with E-state index in [1.807, 2.05) is 0 Å². The quantitative estimate of drug-likeness (QED) is 0.608. The van der Waals surface area contributed by atoms with Gasteiger partial charge in [-0.25, -0.2) is 0 Å². The van der Waals surface area contributed by atoms with Crippen molar-refractivity contribution in [1.82, 2.24) is 0 Å². The summed E-state index contributed by atoms with van der Waals surface area (Å²) >= 11 is 0. The number of hydrogen-bond acceptors (Lipinski definition) is 1. The third kappa shape index (κ3) is 2.28. The highest BCUT2D eigenvalue weighted by Gasteiger charge is 2.24. The lowest BCUT2D eigenvalue weighted by Crippen LogP contribution is -2.16. The summed E-state index contributed by atoms with van der Waals surface area (Å²) in [5, 5.41) is 0. The summed E-state index contributed by atoms with van der Waals surface area (Å²) in [5.41, 5.74) is 4.28. The predicted molar refractivity (Wildman–Crippen MR) is 66.1 cm³/mol. The van der Waals surface area contributed by atoms with Crippen molar-refractivity contribution >= 4 is 12.9 Å². The first-order valence-electron chi connectivity index (χ1n) is 5.73. The van der Waals surface area contributed by atoms with Crippen LogP contribution in [0.25, 0.3) is 0 Å². The van der Waals surface area contributed by atoms with Gasteiger partial charge >= 0.3 is 0 Å². The SMILES string of the molecule is CC(C)C1=NC(C(C)C)=C(C(C)C)B1. The molecule has 0 bridgehead atoms. The second-order valence-electron chi connectivity index (χ2n) is 5.15. The fourth-order valence-electron chi connectivity index (χ4n) is 1.88. The molecule has 0 unspecified atom stereocenters. The van der Waals surface area contributed by atoms with Crippen molar-refractivity contribution in [3.8, 4) is 0 Å². The van der Waals surface area contributed by atoms with Gasteiger partial charge in [0.1, 0.15) is 0 Å². The first kappa shape index (κ1) is 11.5. The molecule has 0 spiro atoms. The minimum absolute atomic E-state index is 0.573. The molecule has 78 valence electrons. The van der Waals surface area contributed by atoms with Gasteiger partial charge in [0.25, 0.3) is 0 Å². The largest absolute Gasteiger partial charge is 0.272 e. The fourth-order valence-corrected chi connectivity index (χ4v) is 1.88. The monoisotopic (exact) mass is 191 g/mol. The van der Waals surface area contributed by atoms with E-state index < -0.39 is 0 Å². The Hall–Kier alpha value is -0.525. The highest BCUT2D eigenvalue weighted by Crippen LogP contribution is 2.27. The van der Waals surface area contributed by atoms with E-state index in [0.717, 1.165) is 7.28 Å². The highest BCUT2D eigenvalue weighted by molar-refractivity contribution is 6.82. The van der Waals surface area contributed by atoms with Gasteiger partial charge in [-0.2, -0.15) is 0 Å². The average Bonchev–Trinajstić information content (AvgIpc) is 2.47. The lowest BCUT2D eigenvalue weighted by molar-refractivity contribution is 0.713. The van der Waals surface area contributed by atoms with Crippen LogP contribution in [-0.2, 0) is 0 Å². The van der Waals surface area contributed by atoms with Crippen LogP contribution in [0.2, 0.25) is 0 Å². The molecule has 0 radical (unpaired) electrons. The molecule has 0 aromatic carbocycles. The summed E-state index contributed by atoms with van der Waals surface area (Å²) in [6.45, 7) is 13.5. The van der Waals surface area contributed by atoms with Crippen LogP contribution in [0.4, 0.5) is 0 Å². The molecule has 0 aromatic heterocycles. The van der Waals surface area contributed by atoms with Gasteiger partial charge in [0.15, 0.2) is 0 Å². The van der Waals surface area contributed by atoms with Gasteiger partial charge in [0, 0.05) is 5.70 Å². The molecule has 14 heavy (non-hydrogen) atoms. The van der Waals surface area contributed by atoms with Crippen molar-refractivity contribution in [2.45, 2.75) is 41.5 Å². The third-order valence-electron chi connectivity index (χ3n) is 2.87. The predicted octanol–water partition coefficient (Wildman–Crippen LogP) is 3.01. The summed E-state index contributed by atoms with van der Waals surface area (Å²) in [7, 11) is 1.11. The average molecular weight is 191 g/mol. The Kier molecular flexibility index (Phi) is 3.57. The highest BCUT2D eigenvalue weighted by atomic mass is 14.8. The maximum atomic E-state index is 4.79. The van der Waals surface area contributed by atoms with Gasteiger partial charge in [0.05, 0.1) is 0 Å². The molecular formula is C12H22BN. The van der Waals surface area contributed by atoms with Crippen molar-refractivity contribution in [3.63, 3.8) is 0 Å². The number of aliphatic imine (C=N–C) groups is 1. The second kappa shape index (κ2) is 4.33. The Balaban J connectivity index is 2.92. The second-order valence-corrected chi connectivity index (χ2v) is 5.15. The van der Waals surface area contributed by atoms with Crippen LogP contribution in [0.15, 0.2) is 16.2 Å². The summed E-state index contributed by atoms with van der Waals surface area (Å²) in [5.74, 6) is 1.82. The summed E-state index contributed by atoms with van der Waals surface area (Å²) in [6, 6.07) is 0. The van der Waals surface area contributed by atoms with Crippen molar-refractivity contribution < 1.29 is 0 Å². The van der Waals surface area contributed by atoms with E-state index >= 15 is 0 Å². The lowest BCUT2D eigenvalue weighted by Gasteiger charge is -2.11. The van der Waals surface area contributed by atoms with E-state index in [9.17, 15) is 0 Å². The molecule has 1 rings (SSSR count). The van der Waals surface area contributed by atoms with Gasteiger partial charge in [-0.05, 0) is 23.4 Å². The molecule has 0 atom stereocenters. The Morgan fingerprint density at radius 2 is 1.43 bits per heavy atom. The fraction of sp³-hybridized carbons (Fsp3) is 0.750. The Labute approximate surface area is 88.9 Å². The van der Waals surface area contributed by atoms with Gasteiger partial charge in [0.2, 0.25) is 7.28 Å². The molecule has 1 aliphatic heterocycles. The molecule has 0 saturated carbocycles. The minimum atomic E-state index is 0.573. The zero-order chi connectivity index (χ0) is 10.9. The normalized spacial score (nSPS) is 17.1. The van der Waals surface area contributed by atoms with Gasteiger partial charge in [-0.15, -0.1) is 0 Å². The minimum Gasteiger partial charge on any atom is -0.272 e. The van der Waals surface area contributed by atoms with Crippen molar-refractivity contribution in [2.75, 3.05) is 0 Å². The van der Waals surface area contributed by atoms with Gasteiger partial charge in [-0.3, -0.25) is 4.99 Å². The van der Waals surface area contributed by atoms with Crippen molar-refractivity contribution in [1.29, 1.82) is 0 Å². The van der Waals surface area contributed by atoms with Crippen LogP contribution < -0.4 is 0 Å². The maximum absolute atomic E-state index is 4.79. The summed E-state index contributed by atoms with van der Waals surface area (Å²) in [6.07, 6.45) is 0. The molecular weight excluding hydrogens is 169 g/mol. The molecule has 0 aliphatic carbocycles. The molecule has 1 aliphatic rings. The summed E-state index contributed by atoms with van der Waals surface area (Å²) in [4.78, 5) is 4.79. The molecule has 2 heteroatoms. The molecule has 0 fully saturated rings. The van der Waals surface area contributed by atoms with E-state index in [4.69, 9.17) is 4.99 Å². The lowest BCUT2D eigenvalue weighted by atomic mass is 9.59. The number of rotatable bonds is 3. The number of allylic oxidation sites excluding steroid dienone is 2. The molecule has 0 amide bonds. The Morgan fingerprint density at radius 1 is 0.857 bits per heavy atom. The van der Waals surface area contributed by atoms with Crippen LogP contribution in [0.3, 0.4) is 0 Å². The molecule has 1 nitrogen and oxygen atoms in total. The zero-order valence-electron chi connectivity index (χ0n) is 10.4. The van der Waals surface area contributed by atoms with Gasteiger partial charge < -0.3 is 0 Å². The van der Waals surface area contributed by atoms with E-state index in [-0.39, 0.29) is 0 Å². The molecule has 0 aromatic rings. The van der Waals surface area contributed by atoms with Crippen LogP contribution in [0, 0.1) is 17.8 Å². The zero-order valence-corrected chi connectivity index (χ0v) is 10.4. The number of nitrogens with zero attached hydrogens (tertiary/aromatic N) is 1. The maximum Gasteiger partial charge on any atom is 0.208 e. The van der Waals surface area contributed by atoms with E-state index in [0.29, 0.717) is 17.8 Å². The number of hydrogen-bond donors (Lipinski definition) is 0. The van der Waals surface area contributed by atoms with E-state index in [1.54, 1.807) is 5.47 Å². The Bertz CT molecular complexity index is 272. The van der Waals surface area contributed by atoms with Crippen LogP contribution in [-0.4, -0.2) is 12.9 Å². The van der Waals surface area contributed by atoms with Crippen molar-refractivity contribution in [3.05, 3.63) is 11.2 Å². The standard InChI is InChI=1S/C12H22BN/c1-7(2)10-11(8(3)4)14-12(13-10)9(5)6/h7-9,13H,1-6H3. The first-order chi connectivity index (χ1) is 6.43. The van der Waals surface area contributed by atoms with Crippen LogP contribution in [0.1, 0.15) is 41.5 Å². The first-order valence-corrected chi connectivity index (χ1v) is 5.73. The summed E-state index contributed by atoms with van der Waals surface area (Å²) < 4.78 is 0. The molecule has 0 N–H and O–H groups in total. The van der Waals surface area contributed by atoms with Gasteiger partial charge in [-0.1, -0.05) is 47.0 Å².